The summed E-state index contributed by atoms with van der Waals surface area (Å²) in [6.45, 7) is 2.53. The molecule has 0 aromatic carbocycles. The molecule has 0 bridgehead atoms. The number of Topliss-reactive ketones (excluding diaryl/α,β-unsaturated/α-hetero) is 1. The van der Waals surface area contributed by atoms with Gasteiger partial charge in [0.2, 0.25) is 17.8 Å². The monoisotopic (exact) mass is 268 g/mol. The number of carbonyl (C=O) groups excluding carboxylic acids is 1. The second-order valence-electron chi connectivity index (χ2n) is 3.73. The van der Waals surface area contributed by atoms with Crippen LogP contribution in [0, 0.1) is 6.92 Å². The largest absolute Gasteiger partial charge is 0.396 e. The quantitative estimate of drug-likeness (QED) is 0.664. The normalized spacial score (nSPS) is 10.7. The first kappa shape index (κ1) is 12.4. The van der Waals surface area contributed by atoms with Gasteiger partial charge in [-0.2, -0.15) is 4.57 Å². The van der Waals surface area contributed by atoms with E-state index in [9.17, 15) is 4.79 Å². The maximum atomic E-state index is 11.9. The Morgan fingerprint density at radius 2 is 2.29 bits per heavy atom. The first-order valence-corrected chi connectivity index (χ1v) is 7.12. The van der Waals surface area contributed by atoms with E-state index in [1.54, 1.807) is 11.3 Å². The molecule has 0 aliphatic rings. The van der Waals surface area contributed by atoms with Gasteiger partial charge in [-0.1, -0.05) is 17.4 Å². The minimum absolute atomic E-state index is 0.140. The molecule has 2 aromatic rings. The van der Waals surface area contributed by atoms with Crippen LogP contribution >= 0.6 is 22.7 Å². The second-order valence-corrected chi connectivity index (χ2v) is 5.62. The number of thiazole rings is 1. The lowest BCUT2D eigenvalue weighted by Crippen LogP contribution is -2.38. The molecular formula is C12H14NO2S2+. The lowest BCUT2D eigenvalue weighted by atomic mass is 10.3. The van der Waals surface area contributed by atoms with Crippen LogP contribution < -0.4 is 4.57 Å². The number of nitrogens with zero attached hydrogens (tertiary/aromatic N) is 1. The smallest absolute Gasteiger partial charge is 0.237 e. The van der Waals surface area contributed by atoms with Gasteiger partial charge in [-0.05, 0) is 11.4 Å². The average Bonchev–Trinajstić information content (AvgIpc) is 2.94. The number of aliphatic hydroxyl groups is 1. The summed E-state index contributed by atoms with van der Waals surface area (Å²) in [5, 5.41) is 10.8. The number of carbonyl (C=O) groups is 1. The molecule has 1 N–H and O–H groups in total. The summed E-state index contributed by atoms with van der Waals surface area (Å²) in [7, 11) is 0. The number of aliphatic hydroxyl groups excluding tert-OH is 1. The Bertz CT molecular complexity index is 503. The van der Waals surface area contributed by atoms with Crippen LogP contribution in [-0.4, -0.2) is 17.5 Å². The van der Waals surface area contributed by atoms with Crippen LogP contribution in [0.15, 0.2) is 23.0 Å². The molecular weight excluding hydrogens is 254 g/mol. The standard InChI is InChI=1S/C12H14NO2S2/c1-9-11(4-5-14)17-8-13(9)7-10(15)12-3-2-6-16-12/h2-3,6,8,14H,4-5,7H2,1H3/q+1. The van der Waals surface area contributed by atoms with Gasteiger partial charge in [0.15, 0.2) is 5.69 Å². The zero-order valence-corrected chi connectivity index (χ0v) is 11.2. The third-order valence-electron chi connectivity index (χ3n) is 2.61. The first-order chi connectivity index (χ1) is 8.22. The zero-order chi connectivity index (χ0) is 12.3. The van der Waals surface area contributed by atoms with Crippen molar-refractivity contribution >= 4 is 28.5 Å². The molecule has 2 rings (SSSR count). The lowest BCUT2D eigenvalue weighted by Gasteiger charge is -1.95. The third kappa shape index (κ3) is 2.80. The summed E-state index contributed by atoms with van der Waals surface area (Å²) in [4.78, 5) is 13.9. The van der Waals surface area contributed by atoms with Gasteiger partial charge >= 0.3 is 0 Å². The van der Waals surface area contributed by atoms with E-state index in [0.717, 1.165) is 15.4 Å². The van der Waals surface area contributed by atoms with E-state index in [0.29, 0.717) is 13.0 Å². The van der Waals surface area contributed by atoms with Crippen molar-refractivity contribution < 1.29 is 14.5 Å². The first-order valence-electron chi connectivity index (χ1n) is 5.36. The highest BCUT2D eigenvalue weighted by molar-refractivity contribution is 7.12. The Labute approximate surface area is 108 Å². The SMILES string of the molecule is Cc1c(CCO)sc[n+]1CC(=O)c1cccs1. The van der Waals surface area contributed by atoms with Gasteiger partial charge in [0.25, 0.3) is 0 Å². The van der Waals surface area contributed by atoms with Crippen molar-refractivity contribution in [3.05, 3.63) is 38.5 Å². The van der Waals surface area contributed by atoms with E-state index in [-0.39, 0.29) is 12.4 Å². The van der Waals surface area contributed by atoms with Gasteiger partial charge in [-0.3, -0.25) is 4.79 Å². The Morgan fingerprint density at radius 3 is 2.94 bits per heavy atom. The van der Waals surface area contributed by atoms with Gasteiger partial charge in [0.05, 0.1) is 9.75 Å². The van der Waals surface area contributed by atoms with Gasteiger partial charge in [-0.15, -0.1) is 11.3 Å². The maximum Gasteiger partial charge on any atom is 0.237 e. The number of hydrogen-bond donors (Lipinski definition) is 1. The van der Waals surface area contributed by atoms with Crippen LogP contribution in [0.1, 0.15) is 20.2 Å². The van der Waals surface area contributed by atoms with Gasteiger partial charge in [0, 0.05) is 20.0 Å². The van der Waals surface area contributed by atoms with Gasteiger partial charge in [-0.25, -0.2) is 0 Å². The predicted molar refractivity (Wildman–Crippen MR) is 68.7 cm³/mol. The van der Waals surface area contributed by atoms with Crippen molar-refractivity contribution in [2.75, 3.05) is 6.61 Å². The van der Waals surface area contributed by atoms with Gasteiger partial charge in [0.1, 0.15) is 0 Å². The molecule has 3 nitrogen and oxygen atoms in total. The fourth-order valence-electron chi connectivity index (χ4n) is 1.62. The summed E-state index contributed by atoms with van der Waals surface area (Å²) < 4.78 is 1.96. The van der Waals surface area contributed by atoms with Crippen molar-refractivity contribution in [1.82, 2.24) is 0 Å². The Kier molecular flexibility index (Phi) is 4.04. The highest BCUT2D eigenvalue weighted by Crippen LogP contribution is 2.13. The number of rotatable bonds is 5. The van der Waals surface area contributed by atoms with Crippen LogP contribution in [0.25, 0.3) is 0 Å². The highest BCUT2D eigenvalue weighted by atomic mass is 32.1. The highest BCUT2D eigenvalue weighted by Gasteiger charge is 2.19. The molecule has 0 radical (unpaired) electrons. The van der Waals surface area contributed by atoms with Crippen LogP contribution in [0.3, 0.4) is 0 Å². The summed E-state index contributed by atoms with van der Waals surface area (Å²) in [6, 6.07) is 3.74. The molecule has 2 heterocycles. The second kappa shape index (κ2) is 5.53. The molecule has 0 unspecified atom stereocenters. The number of aromatic nitrogens is 1. The van der Waals surface area contributed by atoms with Crippen LogP contribution in [0.2, 0.25) is 0 Å². The third-order valence-corrected chi connectivity index (χ3v) is 4.66. The van der Waals surface area contributed by atoms with Crippen molar-refractivity contribution in [3.8, 4) is 0 Å². The molecule has 0 aliphatic heterocycles. The maximum absolute atomic E-state index is 11.9. The molecule has 0 spiro atoms. The molecule has 0 fully saturated rings. The van der Waals surface area contributed by atoms with Crippen molar-refractivity contribution in [1.29, 1.82) is 0 Å². The topological polar surface area (TPSA) is 41.2 Å². The number of ketones is 1. The summed E-state index contributed by atoms with van der Waals surface area (Å²) in [5.74, 6) is 0.140. The molecule has 0 aliphatic carbocycles. The summed E-state index contributed by atoms with van der Waals surface area (Å²) in [6.07, 6.45) is 0.663. The minimum atomic E-state index is 0.140. The van der Waals surface area contributed by atoms with E-state index in [1.807, 2.05) is 34.5 Å². The summed E-state index contributed by atoms with van der Waals surface area (Å²) >= 11 is 3.07. The van der Waals surface area contributed by atoms with E-state index in [2.05, 4.69) is 0 Å². The van der Waals surface area contributed by atoms with E-state index >= 15 is 0 Å². The molecule has 0 saturated heterocycles. The Balaban J connectivity index is 2.11. The van der Waals surface area contributed by atoms with Crippen LogP contribution in [0.4, 0.5) is 0 Å². The van der Waals surface area contributed by atoms with E-state index in [4.69, 9.17) is 5.11 Å². The minimum Gasteiger partial charge on any atom is -0.396 e. The molecule has 0 saturated carbocycles. The molecule has 5 heteroatoms. The number of hydrogen-bond acceptors (Lipinski definition) is 4. The fourth-order valence-corrected chi connectivity index (χ4v) is 3.26. The van der Waals surface area contributed by atoms with E-state index in [1.165, 1.54) is 11.3 Å². The Morgan fingerprint density at radius 1 is 1.47 bits per heavy atom. The summed E-state index contributed by atoms with van der Waals surface area (Å²) in [5.41, 5.74) is 3.03. The fraction of sp³-hybridized carbons (Fsp3) is 0.333. The average molecular weight is 268 g/mol. The molecule has 0 amide bonds. The molecule has 17 heavy (non-hydrogen) atoms. The predicted octanol–water partition coefficient (Wildman–Crippen LogP) is 1.82. The molecule has 90 valence electrons. The van der Waals surface area contributed by atoms with Crippen molar-refractivity contribution in [3.63, 3.8) is 0 Å². The zero-order valence-electron chi connectivity index (χ0n) is 9.55. The van der Waals surface area contributed by atoms with E-state index < -0.39 is 0 Å². The van der Waals surface area contributed by atoms with Crippen molar-refractivity contribution in [2.24, 2.45) is 0 Å². The number of thiophene rings is 1. The molecule has 2 aromatic heterocycles. The van der Waals surface area contributed by atoms with Crippen LogP contribution in [-0.2, 0) is 13.0 Å². The Hall–Kier alpha value is -1.04. The molecule has 0 atom stereocenters. The lowest BCUT2D eigenvalue weighted by molar-refractivity contribution is -0.684. The van der Waals surface area contributed by atoms with Crippen LogP contribution in [0.5, 0.6) is 0 Å². The van der Waals surface area contributed by atoms with Crippen molar-refractivity contribution in [2.45, 2.75) is 19.9 Å². The van der Waals surface area contributed by atoms with Gasteiger partial charge < -0.3 is 5.11 Å².